The summed E-state index contributed by atoms with van der Waals surface area (Å²) in [5.74, 6) is 0.594. The number of carbonyl (C=O) groups is 2. The van der Waals surface area contributed by atoms with E-state index in [0.29, 0.717) is 19.5 Å². The zero-order valence-electron chi connectivity index (χ0n) is 14.3. The second kappa shape index (κ2) is 7.49. The predicted octanol–water partition coefficient (Wildman–Crippen LogP) is 2.35. The van der Waals surface area contributed by atoms with E-state index in [4.69, 9.17) is 4.74 Å². The van der Waals surface area contributed by atoms with Crippen LogP contribution < -0.4 is 10.1 Å². The maximum atomic E-state index is 12.2. The lowest BCUT2D eigenvalue weighted by Gasteiger charge is -2.20. The second-order valence-corrected chi connectivity index (χ2v) is 6.57. The van der Waals surface area contributed by atoms with Crippen LogP contribution >= 0.6 is 0 Å². The number of likely N-dealkylation sites (tertiary alicyclic amines) is 1. The van der Waals surface area contributed by atoms with E-state index in [0.717, 1.165) is 11.3 Å². The lowest BCUT2D eigenvalue weighted by atomic mass is 10.1. The van der Waals surface area contributed by atoms with Gasteiger partial charge in [0.1, 0.15) is 5.75 Å². The fourth-order valence-electron chi connectivity index (χ4n) is 2.70. The van der Waals surface area contributed by atoms with Crippen molar-refractivity contribution >= 4 is 11.8 Å². The Bertz CT molecular complexity index is 552. The summed E-state index contributed by atoms with van der Waals surface area (Å²) in [6.45, 7) is 8.89. The van der Waals surface area contributed by atoms with E-state index in [9.17, 15) is 9.59 Å². The van der Waals surface area contributed by atoms with Crippen LogP contribution in [0.5, 0.6) is 5.75 Å². The minimum Gasteiger partial charge on any atom is -0.491 e. The Labute approximate surface area is 138 Å². The summed E-state index contributed by atoms with van der Waals surface area (Å²) in [7, 11) is 0. The van der Waals surface area contributed by atoms with Gasteiger partial charge in [-0.1, -0.05) is 12.1 Å². The Morgan fingerprint density at radius 3 is 2.43 bits per heavy atom. The number of nitrogens with one attached hydrogen (secondary N) is 1. The number of hydrogen-bond acceptors (Lipinski definition) is 3. The smallest absolute Gasteiger partial charge is 0.225 e. The first kappa shape index (κ1) is 17.3. The van der Waals surface area contributed by atoms with E-state index in [1.165, 1.54) is 0 Å². The van der Waals surface area contributed by atoms with Gasteiger partial charge in [-0.15, -0.1) is 0 Å². The van der Waals surface area contributed by atoms with Crippen molar-refractivity contribution in [1.29, 1.82) is 0 Å². The summed E-state index contributed by atoms with van der Waals surface area (Å²) in [4.78, 5) is 25.9. The van der Waals surface area contributed by atoms with E-state index < -0.39 is 0 Å². The van der Waals surface area contributed by atoms with Gasteiger partial charge in [0, 0.05) is 25.6 Å². The molecule has 5 heteroatoms. The number of benzene rings is 1. The summed E-state index contributed by atoms with van der Waals surface area (Å²) in [6.07, 6.45) is 0.454. The molecule has 0 unspecified atom stereocenters. The van der Waals surface area contributed by atoms with Gasteiger partial charge in [-0.2, -0.15) is 0 Å². The molecular formula is C18H26N2O3. The van der Waals surface area contributed by atoms with Crippen molar-refractivity contribution in [3.05, 3.63) is 29.8 Å². The Morgan fingerprint density at radius 1 is 1.26 bits per heavy atom. The van der Waals surface area contributed by atoms with Crippen LogP contribution in [0.3, 0.4) is 0 Å². The molecule has 23 heavy (non-hydrogen) atoms. The highest BCUT2D eigenvalue weighted by Gasteiger charge is 2.35. The molecule has 5 nitrogen and oxygen atoms in total. The highest BCUT2D eigenvalue weighted by Crippen LogP contribution is 2.20. The van der Waals surface area contributed by atoms with Crippen LogP contribution in [0.4, 0.5) is 0 Å². The molecule has 1 atom stereocenters. The maximum Gasteiger partial charge on any atom is 0.225 e. The number of amides is 2. The second-order valence-electron chi connectivity index (χ2n) is 6.57. The first-order valence-corrected chi connectivity index (χ1v) is 8.19. The van der Waals surface area contributed by atoms with Crippen LogP contribution in [-0.4, -0.2) is 35.4 Å². The zero-order valence-corrected chi connectivity index (χ0v) is 14.3. The molecule has 0 spiro atoms. The Hall–Kier alpha value is -2.04. The first-order valence-electron chi connectivity index (χ1n) is 8.19. The third-order valence-electron chi connectivity index (χ3n) is 3.91. The monoisotopic (exact) mass is 318 g/mol. The quantitative estimate of drug-likeness (QED) is 0.876. The van der Waals surface area contributed by atoms with Crippen molar-refractivity contribution in [2.45, 2.75) is 52.8 Å². The van der Waals surface area contributed by atoms with Gasteiger partial charge in [0.2, 0.25) is 11.8 Å². The number of nitrogens with zero attached hydrogens (tertiary/aromatic N) is 1. The number of hydrogen-bond donors (Lipinski definition) is 1. The molecule has 126 valence electrons. The third-order valence-corrected chi connectivity index (χ3v) is 3.91. The van der Waals surface area contributed by atoms with E-state index in [1.54, 1.807) is 4.90 Å². The van der Waals surface area contributed by atoms with Crippen molar-refractivity contribution in [3.8, 4) is 5.75 Å². The van der Waals surface area contributed by atoms with Crippen molar-refractivity contribution < 1.29 is 14.3 Å². The van der Waals surface area contributed by atoms with Gasteiger partial charge in [0.25, 0.3) is 0 Å². The van der Waals surface area contributed by atoms with E-state index in [1.807, 2.05) is 52.0 Å². The summed E-state index contributed by atoms with van der Waals surface area (Å²) >= 11 is 0. The molecule has 1 fully saturated rings. The minimum absolute atomic E-state index is 0.0518. The molecule has 0 aromatic heterocycles. The molecule has 2 amide bonds. The molecule has 0 bridgehead atoms. The standard InChI is InChI=1S/C18H26N2O3/c1-12(2)20-11-15(9-17(20)21)18(22)19-10-14-5-7-16(8-6-14)23-13(3)4/h5-8,12-13,15H,9-11H2,1-4H3,(H,19,22)/t15-/m1/s1. The Kier molecular flexibility index (Phi) is 5.64. The van der Waals surface area contributed by atoms with Crippen LogP contribution in [0.1, 0.15) is 39.7 Å². The Morgan fingerprint density at radius 2 is 1.91 bits per heavy atom. The van der Waals surface area contributed by atoms with Crippen LogP contribution in [-0.2, 0) is 16.1 Å². The largest absolute Gasteiger partial charge is 0.491 e. The molecule has 0 saturated carbocycles. The van der Waals surface area contributed by atoms with Crippen LogP contribution in [0.2, 0.25) is 0 Å². The average Bonchev–Trinajstić information content (AvgIpc) is 2.88. The lowest BCUT2D eigenvalue weighted by molar-refractivity contribution is -0.130. The van der Waals surface area contributed by atoms with Crippen molar-refractivity contribution in [3.63, 3.8) is 0 Å². The van der Waals surface area contributed by atoms with Crippen LogP contribution in [0.15, 0.2) is 24.3 Å². The van der Waals surface area contributed by atoms with E-state index >= 15 is 0 Å². The number of rotatable bonds is 6. The fraction of sp³-hybridized carbons (Fsp3) is 0.556. The topological polar surface area (TPSA) is 58.6 Å². The molecule has 1 aliphatic heterocycles. The Balaban J connectivity index is 1.84. The van der Waals surface area contributed by atoms with Gasteiger partial charge in [0.15, 0.2) is 0 Å². The highest BCUT2D eigenvalue weighted by molar-refractivity contribution is 5.89. The summed E-state index contributed by atoms with van der Waals surface area (Å²) in [5, 5.41) is 2.92. The van der Waals surface area contributed by atoms with Gasteiger partial charge in [-0.3, -0.25) is 9.59 Å². The molecule has 1 N–H and O–H groups in total. The molecular weight excluding hydrogens is 292 g/mol. The number of ether oxygens (including phenoxy) is 1. The molecule has 2 rings (SSSR count). The fourth-order valence-corrected chi connectivity index (χ4v) is 2.70. The summed E-state index contributed by atoms with van der Waals surface area (Å²) in [6, 6.07) is 7.84. The summed E-state index contributed by atoms with van der Waals surface area (Å²) < 4.78 is 5.59. The number of carbonyl (C=O) groups excluding carboxylic acids is 2. The summed E-state index contributed by atoms with van der Waals surface area (Å²) in [5.41, 5.74) is 1.01. The average molecular weight is 318 g/mol. The van der Waals surface area contributed by atoms with Gasteiger partial charge >= 0.3 is 0 Å². The third kappa shape index (κ3) is 4.71. The van der Waals surface area contributed by atoms with Gasteiger partial charge in [-0.25, -0.2) is 0 Å². The lowest BCUT2D eigenvalue weighted by Crippen LogP contribution is -2.35. The molecule has 0 radical (unpaired) electrons. The first-order chi connectivity index (χ1) is 10.9. The molecule has 1 aromatic carbocycles. The molecule has 1 aromatic rings. The normalized spacial score (nSPS) is 17.9. The highest BCUT2D eigenvalue weighted by atomic mass is 16.5. The predicted molar refractivity (Wildman–Crippen MR) is 89.0 cm³/mol. The van der Waals surface area contributed by atoms with Gasteiger partial charge in [-0.05, 0) is 45.4 Å². The molecule has 1 heterocycles. The van der Waals surface area contributed by atoms with Crippen LogP contribution in [0.25, 0.3) is 0 Å². The zero-order chi connectivity index (χ0) is 17.0. The minimum atomic E-state index is -0.242. The van der Waals surface area contributed by atoms with Gasteiger partial charge in [0.05, 0.1) is 12.0 Å². The van der Waals surface area contributed by atoms with Crippen molar-refractivity contribution in [2.24, 2.45) is 5.92 Å². The molecule has 1 saturated heterocycles. The van der Waals surface area contributed by atoms with Crippen molar-refractivity contribution in [2.75, 3.05) is 6.54 Å². The van der Waals surface area contributed by atoms with E-state index in [2.05, 4.69) is 5.32 Å². The molecule has 0 aliphatic carbocycles. The van der Waals surface area contributed by atoms with E-state index in [-0.39, 0.29) is 29.9 Å². The molecule has 1 aliphatic rings. The van der Waals surface area contributed by atoms with Crippen molar-refractivity contribution in [1.82, 2.24) is 10.2 Å². The van der Waals surface area contributed by atoms with Gasteiger partial charge < -0.3 is 15.0 Å². The maximum absolute atomic E-state index is 12.2. The van der Waals surface area contributed by atoms with Crippen LogP contribution in [0, 0.1) is 5.92 Å². The SMILES string of the molecule is CC(C)Oc1ccc(CNC(=O)[C@@H]2CC(=O)N(C(C)C)C2)cc1.